The predicted molar refractivity (Wildman–Crippen MR) is 244 cm³/mol. The number of hydrogen-bond donors (Lipinski definition) is 0. The van der Waals surface area contributed by atoms with Gasteiger partial charge in [-0.25, -0.2) is 9.97 Å². The highest BCUT2D eigenvalue weighted by Crippen LogP contribution is 2.48. The van der Waals surface area contributed by atoms with Gasteiger partial charge in [-0.2, -0.15) is 0 Å². The van der Waals surface area contributed by atoms with Crippen molar-refractivity contribution in [1.82, 2.24) is 18.9 Å². The first-order valence-corrected chi connectivity index (χ1v) is 20.1. The summed E-state index contributed by atoms with van der Waals surface area (Å²) in [7, 11) is 0. The summed E-state index contributed by atoms with van der Waals surface area (Å²) in [4.78, 5) is 10.4. The molecule has 0 saturated heterocycles. The van der Waals surface area contributed by atoms with Gasteiger partial charge in [0.1, 0.15) is 16.8 Å². The third kappa shape index (κ3) is 4.13. The van der Waals surface area contributed by atoms with Crippen molar-refractivity contribution in [2.45, 2.75) is 0 Å². The molecule has 0 aliphatic carbocycles. The fourth-order valence-electron chi connectivity index (χ4n) is 10.1. The Bertz CT molecular complexity index is 4070. The van der Waals surface area contributed by atoms with Gasteiger partial charge in [0.05, 0.1) is 27.6 Å². The minimum atomic E-state index is 0.672. The maximum absolute atomic E-state index is 6.54. The molecule has 14 aromatic rings. The molecule has 5 aromatic heterocycles. The van der Waals surface area contributed by atoms with Crippen LogP contribution in [0.15, 0.2) is 186 Å². The minimum Gasteiger partial charge on any atom is -0.452 e. The molecule has 5 nitrogen and oxygen atoms in total. The van der Waals surface area contributed by atoms with E-state index in [0.717, 1.165) is 44.4 Å². The molecule has 0 fully saturated rings. The number of nitrogens with zero attached hydrogens (tertiary/aromatic N) is 4. The lowest BCUT2D eigenvalue weighted by Crippen LogP contribution is -1.96. The third-order valence-electron chi connectivity index (χ3n) is 12.6. The molecule has 272 valence electrons. The number of fused-ring (bicyclic) bond motifs is 16. The molecule has 0 radical (unpaired) electrons. The molecule has 0 N–H and O–H groups in total. The van der Waals surface area contributed by atoms with Gasteiger partial charge in [-0.1, -0.05) is 133 Å². The van der Waals surface area contributed by atoms with Crippen molar-refractivity contribution in [3.8, 4) is 28.3 Å². The number of aromatic nitrogens is 4. The average Bonchev–Trinajstić information content (AvgIpc) is 4.04. The molecule has 0 atom stereocenters. The number of benzene rings is 9. The lowest BCUT2D eigenvalue weighted by molar-refractivity contribution is 0.667. The zero-order valence-electron chi connectivity index (χ0n) is 31.5. The molecular weight excluding hydrogens is 721 g/mol. The maximum atomic E-state index is 6.54. The molecule has 0 amide bonds. The van der Waals surface area contributed by atoms with Crippen LogP contribution in [0.3, 0.4) is 0 Å². The van der Waals surface area contributed by atoms with Crippen LogP contribution in [0.25, 0.3) is 132 Å². The second-order valence-electron chi connectivity index (χ2n) is 15.7. The molecule has 14 rings (SSSR count). The van der Waals surface area contributed by atoms with Gasteiger partial charge in [-0.05, 0) is 64.7 Å². The topological polar surface area (TPSA) is 48.3 Å². The summed E-state index contributed by atoms with van der Waals surface area (Å²) in [6, 6.07) is 65.3. The van der Waals surface area contributed by atoms with Gasteiger partial charge in [-0.3, -0.25) is 0 Å². The molecule has 0 saturated carbocycles. The van der Waals surface area contributed by atoms with Crippen molar-refractivity contribution < 1.29 is 4.42 Å². The van der Waals surface area contributed by atoms with E-state index in [-0.39, 0.29) is 0 Å². The van der Waals surface area contributed by atoms with E-state index in [2.05, 4.69) is 173 Å². The smallest absolute Gasteiger partial charge is 0.180 e. The highest BCUT2D eigenvalue weighted by atomic mass is 16.3. The highest BCUT2D eigenvalue weighted by Gasteiger charge is 2.25. The molecule has 0 bridgehead atoms. The van der Waals surface area contributed by atoms with Gasteiger partial charge in [-0.15, -0.1) is 0 Å². The lowest BCUT2D eigenvalue weighted by Gasteiger charge is -2.11. The Morgan fingerprint density at radius 1 is 0.407 bits per heavy atom. The first-order valence-electron chi connectivity index (χ1n) is 20.1. The number of furan rings is 1. The molecule has 5 heterocycles. The standard InChI is InChI=1S/C54H30N4O/c1-2-13-34-29-35(22-21-31(34)11-1)54-55-49(53-50(56-54)40-17-7-10-20-46(40)59-53)33-23-26-36(27-24-33)57-44-19-9-6-16-39(44)47-45(57)30-42-38-15-5-8-18-43(38)58-51-37-14-4-3-12-32(37)25-28-41(51)48(47)52(42)58/h1-30H. The van der Waals surface area contributed by atoms with Crippen molar-refractivity contribution in [2.75, 3.05) is 0 Å². The zero-order chi connectivity index (χ0) is 38.3. The van der Waals surface area contributed by atoms with Gasteiger partial charge in [0.15, 0.2) is 11.4 Å². The fourth-order valence-corrected chi connectivity index (χ4v) is 10.1. The molecule has 0 spiro atoms. The van der Waals surface area contributed by atoms with Crippen LogP contribution in [0.1, 0.15) is 0 Å². The zero-order valence-corrected chi connectivity index (χ0v) is 31.5. The molecule has 0 aliphatic heterocycles. The summed E-state index contributed by atoms with van der Waals surface area (Å²) >= 11 is 0. The van der Waals surface area contributed by atoms with Crippen molar-refractivity contribution in [3.05, 3.63) is 182 Å². The Kier molecular flexibility index (Phi) is 5.96. The van der Waals surface area contributed by atoms with Crippen molar-refractivity contribution in [2.24, 2.45) is 0 Å². The van der Waals surface area contributed by atoms with Gasteiger partial charge in [0, 0.05) is 59.9 Å². The van der Waals surface area contributed by atoms with E-state index in [1.54, 1.807) is 0 Å². The van der Waals surface area contributed by atoms with Crippen LogP contribution < -0.4 is 0 Å². The Morgan fingerprint density at radius 3 is 1.95 bits per heavy atom. The van der Waals surface area contributed by atoms with E-state index in [1.807, 2.05) is 18.2 Å². The van der Waals surface area contributed by atoms with Crippen LogP contribution >= 0.6 is 0 Å². The number of hydrogen-bond acceptors (Lipinski definition) is 3. The fraction of sp³-hybridized carbons (Fsp3) is 0. The van der Waals surface area contributed by atoms with Crippen molar-refractivity contribution in [3.63, 3.8) is 0 Å². The second kappa shape index (κ2) is 11.3. The minimum absolute atomic E-state index is 0.672. The second-order valence-corrected chi connectivity index (χ2v) is 15.7. The lowest BCUT2D eigenvalue weighted by atomic mass is 10.00. The summed E-state index contributed by atoms with van der Waals surface area (Å²) in [6.45, 7) is 0. The summed E-state index contributed by atoms with van der Waals surface area (Å²) in [6.07, 6.45) is 0. The van der Waals surface area contributed by atoms with E-state index in [4.69, 9.17) is 14.4 Å². The molecule has 59 heavy (non-hydrogen) atoms. The van der Waals surface area contributed by atoms with Gasteiger partial charge >= 0.3 is 0 Å². The third-order valence-corrected chi connectivity index (χ3v) is 12.6. The van der Waals surface area contributed by atoms with Gasteiger partial charge in [0.2, 0.25) is 0 Å². The molecule has 0 aliphatic rings. The highest BCUT2D eigenvalue weighted by molar-refractivity contribution is 6.37. The van der Waals surface area contributed by atoms with Crippen LogP contribution in [-0.4, -0.2) is 18.9 Å². The first-order chi connectivity index (χ1) is 29.3. The first kappa shape index (κ1) is 31.1. The van der Waals surface area contributed by atoms with Crippen molar-refractivity contribution >= 4 is 104 Å². The van der Waals surface area contributed by atoms with E-state index >= 15 is 0 Å². The average molecular weight is 751 g/mol. The van der Waals surface area contributed by atoms with Crippen LogP contribution in [-0.2, 0) is 0 Å². The molecule has 5 heteroatoms. The summed E-state index contributed by atoms with van der Waals surface area (Å²) in [5.41, 5.74) is 12.2. The van der Waals surface area contributed by atoms with E-state index < -0.39 is 0 Å². The molecular formula is C54H30N4O. The summed E-state index contributed by atoms with van der Waals surface area (Å²) < 4.78 is 11.5. The Hall–Kier alpha value is -8.02. The number of rotatable bonds is 3. The van der Waals surface area contributed by atoms with Crippen LogP contribution in [0, 0.1) is 0 Å². The Labute approximate surface area is 335 Å². The normalized spacial score (nSPS) is 12.4. The number of para-hydroxylation sites is 3. The quantitative estimate of drug-likeness (QED) is 0.181. The maximum Gasteiger partial charge on any atom is 0.180 e. The van der Waals surface area contributed by atoms with Crippen LogP contribution in [0.5, 0.6) is 0 Å². The van der Waals surface area contributed by atoms with Gasteiger partial charge in [0.25, 0.3) is 0 Å². The Morgan fingerprint density at radius 2 is 1.08 bits per heavy atom. The van der Waals surface area contributed by atoms with Crippen molar-refractivity contribution in [1.29, 1.82) is 0 Å². The Balaban J connectivity index is 1.03. The van der Waals surface area contributed by atoms with E-state index in [1.165, 1.54) is 76.1 Å². The predicted octanol–water partition coefficient (Wildman–Crippen LogP) is 14.3. The van der Waals surface area contributed by atoms with E-state index in [0.29, 0.717) is 11.4 Å². The molecule has 0 unspecified atom stereocenters. The SMILES string of the molecule is c1ccc2cc(-c3nc(-c4ccc(-n5c6ccccc6c6c7c8ccc9ccccc9c8n8c9ccccc9c(cc65)c78)cc4)c4oc5ccccc5c4n3)ccc2c1. The largest absolute Gasteiger partial charge is 0.452 e. The monoisotopic (exact) mass is 750 g/mol. The molecule has 9 aromatic carbocycles. The van der Waals surface area contributed by atoms with E-state index in [9.17, 15) is 0 Å². The van der Waals surface area contributed by atoms with Crippen LogP contribution in [0.2, 0.25) is 0 Å². The van der Waals surface area contributed by atoms with Crippen LogP contribution in [0.4, 0.5) is 0 Å². The summed E-state index contributed by atoms with van der Waals surface area (Å²) in [5, 5.41) is 13.4. The summed E-state index contributed by atoms with van der Waals surface area (Å²) in [5.74, 6) is 0.672. The van der Waals surface area contributed by atoms with Gasteiger partial charge < -0.3 is 13.4 Å².